The van der Waals surface area contributed by atoms with Crippen molar-refractivity contribution in [3.05, 3.63) is 121 Å². The van der Waals surface area contributed by atoms with Crippen molar-refractivity contribution >= 4 is 28.8 Å². The van der Waals surface area contributed by atoms with Gasteiger partial charge in [0, 0.05) is 5.56 Å². The standard InChI is InChI=1S/C26H20Si/c1-2-22-14-12-13-21-26(22)27(23-15-6-3-7-16-23,24-17-8-4-9-18-24)25-19-10-5-11-20-25/h1,3-21H. The Kier molecular flexibility index (Phi) is 4.74. The van der Waals surface area contributed by atoms with Crippen LogP contribution in [0, 0.1) is 12.3 Å². The third-order valence-electron chi connectivity index (χ3n) is 5.11. The number of hydrogen-bond acceptors (Lipinski definition) is 0. The second-order valence-corrected chi connectivity index (χ2v) is 10.3. The van der Waals surface area contributed by atoms with Crippen LogP contribution in [0.2, 0.25) is 0 Å². The van der Waals surface area contributed by atoms with Crippen molar-refractivity contribution in [2.45, 2.75) is 0 Å². The van der Waals surface area contributed by atoms with E-state index in [9.17, 15) is 0 Å². The fourth-order valence-electron chi connectivity index (χ4n) is 3.97. The van der Waals surface area contributed by atoms with E-state index in [-0.39, 0.29) is 0 Å². The Balaban J connectivity index is 2.19. The molecule has 4 aromatic carbocycles. The van der Waals surface area contributed by atoms with Crippen LogP contribution >= 0.6 is 0 Å². The molecule has 0 radical (unpaired) electrons. The highest BCUT2D eigenvalue weighted by atomic mass is 28.3. The number of hydrogen-bond donors (Lipinski definition) is 0. The zero-order valence-electron chi connectivity index (χ0n) is 15.0. The summed E-state index contributed by atoms with van der Waals surface area (Å²) in [6.45, 7) is 0. The minimum atomic E-state index is -2.51. The third-order valence-corrected chi connectivity index (χ3v) is 9.95. The predicted molar refractivity (Wildman–Crippen MR) is 118 cm³/mol. The molecular formula is C26H20Si. The zero-order chi connectivity index (χ0) is 18.5. The molecule has 0 spiro atoms. The normalized spacial score (nSPS) is 10.9. The van der Waals surface area contributed by atoms with Gasteiger partial charge >= 0.3 is 0 Å². The van der Waals surface area contributed by atoms with Crippen molar-refractivity contribution in [1.29, 1.82) is 0 Å². The topological polar surface area (TPSA) is 0 Å². The molecule has 0 atom stereocenters. The highest BCUT2D eigenvalue weighted by molar-refractivity contribution is 7.20. The highest BCUT2D eigenvalue weighted by Crippen LogP contribution is 2.11. The van der Waals surface area contributed by atoms with Gasteiger partial charge in [-0.15, -0.1) is 6.42 Å². The summed E-state index contributed by atoms with van der Waals surface area (Å²) in [5.41, 5.74) is 0.973. The number of rotatable bonds is 4. The van der Waals surface area contributed by atoms with E-state index < -0.39 is 8.07 Å². The molecule has 0 saturated carbocycles. The maximum atomic E-state index is 5.95. The third kappa shape index (κ3) is 2.91. The first-order valence-electron chi connectivity index (χ1n) is 9.10. The second kappa shape index (κ2) is 7.49. The summed E-state index contributed by atoms with van der Waals surface area (Å²) >= 11 is 0. The van der Waals surface area contributed by atoms with Gasteiger partial charge in [-0.25, -0.2) is 0 Å². The van der Waals surface area contributed by atoms with Gasteiger partial charge in [0.15, 0.2) is 8.07 Å². The summed E-state index contributed by atoms with van der Waals surface area (Å²) in [5, 5.41) is 5.27. The fraction of sp³-hybridized carbons (Fsp3) is 0. The summed E-state index contributed by atoms with van der Waals surface area (Å²) in [6, 6.07) is 40.9. The SMILES string of the molecule is C#Cc1ccccc1[Si](c1ccccc1)(c1ccccc1)c1ccccc1. The molecule has 0 saturated heterocycles. The molecule has 27 heavy (non-hydrogen) atoms. The van der Waals surface area contributed by atoms with Gasteiger partial charge in [0.25, 0.3) is 0 Å². The Morgan fingerprint density at radius 1 is 0.481 bits per heavy atom. The minimum Gasteiger partial charge on any atom is -0.115 e. The second-order valence-electron chi connectivity index (χ2n) is 6.54. The van der Waals surface area contributed by atoms with Crippen molar-refractivity contribution in [3.63, 3.8) is 0 Å². The van der Waals surface area contributed by atoms with Crippen LogP contribution < -0.4 is 20.7 Å². The van der Waals surface area contributed by atoms with Crippen LogP contribution in [0.15, 0.2) is 115 Å². The largest absolute Gasteiger partial charge is 0.180 e. The molecule has 0 aliphatic rings. The van der Waals surface area contributed by atoms with Gasteiger partial charge in [-0.3, -0.25) is 0 Å². The van der Waals surface area contributed by atoms with Gasteiger partial charge in [-0.2, -0.15) is 0 Å². The minimum absolute atomic E-state index is 0.973. The van der Waals surface area contributed by atoms with Crippen molar-refractivity contribution in [3.8, 4) is 12.3 Å². The van der Waals surface area contributed by atoms with Crippen molar-refractivity contribution < 1.29 is 0 Å². The van der Waals surface area contributed by atoms with Crippen LogP contribution in [0.25, 0.3) is 0 Å². The summed E-state index contributed by atoms with van der Waals surface area (Å²) in [4.78, 5) is 0. The van der Waals surface area contributed by atoms with Crippen molar-refractivity contribution in [2.24, 2.45) is 0 Å². The molecule has 0 aliphatic heterocycles. The average molecular weight is 361 g/mol. The molecule has 0 fully saturated rings. The first-order valence-corrected chi connectivity index (χ1v) is 11.1. The van der Waals surface area contributed by atoms with Crippen LogP contribution in [0.5, 0.6) is 0 Å². The van der Waals surface area contributed by atoms with E-state index in [1.807, 2.05) is 6.07 Å². The van der Waals surface area contributed by atoms with Gasteiger partial charge in [0.1, 0.15) is 0 Å². The van der Waals surface area contributed by atoms with E-state index in [4.69, 9.17) is 6.42 Å². The smallest absolute Gasteiger partial charge is 0.115 e. The van der Waals surface area contributed by atoms with Crippen molar-refractivity contribution in [1.82, 2.24) is 0 Å². The maximum Gasteiger partial charge on any atom is 0.180 e. The van der Waals surface area contributed by atoms with Crippen molar-refractivity contribution in [2.75, 3.05) is 0 Å². The van der Waals surface area contributed by atoms with Crippen LogP contribution in [0.4, 0.5) is 0 Å². The Bertz CT molecular complexity index is 965. The molecule has 0 heterocycles. The van der Waals surface area contributed by atoms with E-state index in [1.54, 1.807) is 0 Å². The lowest BCUT2D eigenvalue weighted by Gasteiger charge is -2.35. The first-order chi connectivity index (χ1) is 13.4. The predicted octanol–water partition coefficient (Wildman–Crippen LogP) is 3.05. The fourth-order valence-corrected chi connectivity index (χ4v) is 8.88. The van der Waals surface area contributed by atoms with Crippen LogP contribution in [0.3, 0.4) is 0 Å². The summed E-state index contributed by atoms with van der Waals surface area (Å²) in [7, 11) is -2.51. The van der Waals surface area contributed by atoms with Crippen LogP contribution in [-0.2, 0) is 0 Å². The zero-order valence-corrected chi connectivity index (χ0v) is 16.0. The van der Waals surface area contributed by atoms with E-state index in [0.717, 1.165) is 5.56 Å². The highest BCUT2D eigenvalue weighted by Gasteiger charge is 2.42. The molecule has 0 amide bonds. The molecular weight excluding hydrogens is 340 g/mol. The van der Waals surface area contributed by atoms with E-state index in [2.05, 4.69) is 115 Å². The monoisotopic (exact) mass is 360 g/mol. The molecule has 4 aromatic rings. The molecule has 1 heteroatoms. The lowest BCUT2D eigenvalue weighted by atomic mass is 10.2. The molecule has 0 aliphatic carbocycles. The number of terminal acetylenes is 1. The van der Waals surface area contributed by atoms with E-state index in [1.165, 1.54) is 20.7 Å². The lowest BCUT2D eigenvalue weighted by Crippen LogP contribution is -2.75. The van der Waals surface area contributed by atoms with Gasteiger partial charge in [-0.05, 0) is 26.8 Å². The van der Waals surface area contributed by atoms with E-state index >= 15 is 0 Å². The summed E-state index contributed by atoms with van der Waals surface area (Å²) in [6.07, 6.45) is 5.95. The van der Waals surface area contributed by atoms with Crippen LogP contribution in [0.1, 0.15) is 5.56 Å². The van der Waals surface area contributed by atoms with Gasteiger partial charge in [0.05, 0.1) is 0 Å². The first kappa shape index (κ1) is 17.1. The molecule has 4 rings (SSSR count). The van der Waals surface area contributed by atoms with E-state index in [0.29, 0.717) is 0 Å². The summed E-state index contributed by atoms with van der Waals surface area (Å²) in [5.74, 6) is 2.94. The van der Waals surface area contributed by atoms with Gasteiger partial charge < -0.3 is 0 Å². The Hall–Kier alpha value is -3.34. The Morgan fingerprint density at radius 2 is 0.852 bits per heavy atom. The molecule has 128 valence electrons. The molecule has 0 unspecified atom stereocenters. The summed E-state index contributed by atoms with van der Waals surface area (Å²) < 4.78 is 0. The van der Waals surface area contributed by atoms with Gasteiger partial charge in [0.2, 0.25) is 0 Å². The molecule has 0 nitrogen and oxygen atoms in total. The lowest BCUT2D eigenvalue weighted by molar-refractivity contribution is 1.64. The maximum absolute atomic E-state index is 5.95. The van der Waals surface area contributed by atoms with Gasteiger partial charge in [-0.1, -0.05) is 115 Å². The van der Waals surface area contributed by atoms with Crippen LogP contribution in [-0.4, -0.2) is 8.07 Å². The average Bonchev–Trinajstić information content (AvgIpc) is 2.77. The molecule has 0 aromatic heterocycles. The Labute approximate surface area is 162 Å². The number of benzene rings is 4. The molecule has 0 bridgehead atoms. The Morgan fingerprint density at radius 3 is 1.26 bits per heavy atom. The molecule has 0 N–H and O–H groups in total. The quantitative estimate of drug-likeness (QED) is 0.298.